The molecule has 1 saturated carbocycles. The van der Waals surface area contributed by atoms with Crippen molar-refractivity contribution in [1.29, 1.82) is 0 Å². The normalized spacial score (nSPS) is 19.2. The molecule has 0 aliphatic heterocycles. The molecule has 0 saturated heterocycles. The first-order valence-corrected chi connectivity index (χ1v) is 7.20. The number of rotatable bonds is 4. The van der Waals surface area contributed by atoms with Crippen LogP contribution in [0.2, 0.25) is 5.02 Å². The second-order valence-corrected chi connectivity index (χ2v) is 5.52. The molecular formula is C15H21ClO2. The van der Waals surface area contributed by atoms with E-state index in [1.54, 1.807) is 12.1 Å². The van der Waals surface area contributed by atoms with E-state index in [0.29, 0.717) is 17.5 Å². The molecule has 1 N–H and O–H groups in total. The predicted octanol–water partition coefficient (Wildman–Crippen LogP) is 4.05. The van der Waals surface area contributed by atoms with Gasteiger partial charge < -0.3 is 9.84 Å². The molecule has 1 unspecified atom stereocenters. The highest BCUT2D eigenvalue weighted by Gasteiger charge is 2.21. The Hall–Kier alpha value is -0.730. The molecule has 1 aromatic rings. The average Bonchev–Trinajstić information content (AvgIpc) is 2.66. The summed E-state index contributed by atoms with van der Waals surface area (Å²) in [5.74, 6) is 1.17. The monoisotopic (exact) mass is 268 g/mol. The van der Waals surface area contributed by atoms with Crippen LogP contribution in [0.25, 0.3) is 0 Å². The SMILES string of the molecule is OC(COc1ccc(Cl)cc1)C1CCCCCC1. The van der Waals surface area contributed by atoms with E-state index in [2.05, 4.69) is 0 Å². The van der Waals surface area contributed by atoms with E-state index in [-0.39, 0.29) is 6.10 Å². The van der Waals surface area contributed by atoms with E-state index in [1.807, 2.05) is 12.1 Å². The zero-order valence-electron chi connectivity index (χ0n) is 10.6. The van der Waals surface area contributed by atoms with Crippen molar-refractivity contribution in [3.63, 3.8) is 0 Å². The number of aliphatic hydroxyl groups is 1. The van der Waals surface area contributed by atoms with Crippen molar-refractivity contribution in [2.45, 2.75) is 44.6 Å². The summed E-state index contributed by atoms with van der Waals surface area (Å²) < 4.78 is 5.61. The molecule has 0 heterocycles. The molecule has 0 aromatic heterocycles. The molecular weight excluding hydrogens is 248 g/mol. The molecule has 0 spiro atoms. The topological polar surface area (TPSA) is 29.5 Å². The quantitative estimate of drug-likeness (QED) is 0.835. The second kappa shape index (κ2) is 7.01. The fourth-order valence-corrected chi connectivity index (χ4v) is 2.67. The van der Waals surface area contributed by atoms with Crippen molar-refractivity contribution in [3.8, 4) is 5.75 Å². The van der Waals surface area contributed by atoms with Crippen LogP contribution in [0.15, 0.2) is 24.3 Å². The minimum absolute atomic E-state index is 0.348. The Labute approximate surface area is 114 Å². The summed E-state index contributed by atoms with van der Waals surface area (Å²) in [5, 5.41) is 10.9. The number of halogens is 1. The number of benzene rings is 1. The molecule has 0 amide bonds. The lowest BCUT2D eigenvalue weighted by Crippen LogP contribution is -2.27. The molecule has 3 heteroatoms. The van der Waals surface area contributed by atoms with Gasteiger partial charge in [0, 0.05) is 5.02 Å². The summed E-state index contributed by atoms with van der Waals surface area (Å²) >= 11 is 5.81. The molecule has 1 aliphatic carbocycles. The maximum atomic E-state index is 10.2. The van der Waals surface area contributed by atoms with Gasteiger partial charge in [-0.05, 0) is 43.0 Å². The maximum Gasteiger partial charge on any atom is 0.119 e. The second-order valence-electron chi connectivity index (χ2n) is 5.08. The Bertz CT molecular complexity index is 342. The molecule has 1 aliphatic rings. The van der Waals surface area contributed by atoms with Crippen molar-refractivity contribution in [2.24, 2.45) is 5.92 Å². The molecule has 0 radical (unpaired) electrons. The lowest BCUT2D eigenvalue weighted by Gasteiger charge is -2.21. The zero-order chi connectivity index (χ0) is 12.8. The van der Waals surface area contributed by atoms with Gasteiger partial charge >= 0.3 is 0 Å². The van der Waals surface area contributed by atoms with Crippen LogP contribution < -0.4 is 4.74 Å². The van der Waals surface area contributed by atoms with E-state index in [9.17, 15) is 5.11 Å². The van der Waals surface area contributed by atoms with Gasteiger partial charge in [-0.15, -0.1) is 0 Å². The number of ether oxygens (including phenoxy) is 1. The minimum Gasteiger partial charge on any atom is -0.491 e. The van der Waals surface area contributed by atoms with Crippen LogP contribution in [0.3, 0.4) is 0 Å². The van der Waals surface area contributed by atoms with Crippen LogP contribution in [0, 0.1) is 5.92 Å². The molecule has 2 rings (SSSR count). The zero-order valence-corrected chi connectivity index (χ0v) is 11.4. The average molecular weight is 269 g/mol. The van der Waals surface area contributed by atoms with Crippen LogP contribution in [0.4, 0.5) is 0 Å². The van der Waals surface area contributed by atoms with Crippen LogP contribution in [-0.2, 0) is 0 Å². The van der Waals surface area contributed by atoms with Crippen molar-refractivity contribution in [1.82, 2.24) is 0 Å². The van der Waals surface area contributed by atoms with Crippen LogP contribution in [0.1, 0.15) is 38.5 Å². The van der Waals surface area contributed by atoms with Crippen LogP contribution in [-0.4, -0.2) is 17.8 Å². The van der Waals surface area contributed by atoms with Crippen molar-refractivity contribution >= 4 is 11.6 Å². The van der Waals surface area contributed by atoms with E-state index in [1.165, 1.54) is 25.7 Å². The van der Waals surface area contributed by atoms with Gasteiger partial charge in [0.15, 0.2) is 0 Å². The standard InChI is InChI=1S/C15H21ClO2/c16-13-7-9-14(10-8-13)18-11-15(17)12-5-3-1-2-4-6-12/h7-10,12,15,17H,1-6,11H2. The third-order valence-corrected chi connectivity index (χ3v) is 3.93. The largest absolute Gasteiger partial charge is 0.491 e. The summed E-state index contributed by atoms with van der Waals surface area (Å²) in [5.41, 5.74) is 0. The molecule has 1 atom stereocenters. The summed E-state index contributed by atoms with van der Waals surface area (Å²) in [6, 6.07) is 7.27. The Morgan fingerprint density at radius 2 is 1.72 bits per heavy atom. The van der Waals surface area contributed by atoms with Gasteiger partial charge in [0.05, 0.1) is 6.10 Å². The van der Waals surface area contributed by atoms with Gasteiger partial charge in [0.1, 0.15) is 12.4 Å². The first-order chi connectivity index (χ1) is 8.75. The van der Waals surface area contributed by atoms with Crippen molar-refractivity contribution in [2.75, 3.05) is 6.61 Å². The molecule has 1 aromatic carbocycles. The van der Waals surface area contributed by atoms with Gasteiger partial charge in [-0.3, -0.25) is 0 Å². The van der Waals surface area contributed by atoms with Gasteiger partial charge in [0.2, 0.25) is 0 Å². The Kier molecular flexibility index (Phi) is 5.33. The first-order valence-electron chi connectivity index (χ1n) is 6.82. The van der Waals surface area contributed by atoms with Crippen LogP contribution in [0.5, 0.6) is 5.75 Å². The number of hydrogen-bond acceptors (Lipinski definition) is 2. The molecule has 18 heavy (non-hydrogen) atoms. The van der Waals surface area contributed by atoms with Gasteiger partial charge in [-0.2, -0.15) is 0 Å². The van der Waals surface area contributed by atoms with Gasteiger partial charge in [0.25, 0.3) is 0 Å². The molecule has 2 nitrogen and oxygen atoms in total. The Morgan fingerprint density at radius 1 is 1.11 bits per heavy atom. The highest BCUT2D eigenvalue weighted by atomic mass is 35.5. The number of hydrogen-bond donors (Lipinski definition) is 1. The van der Waals surface area contributed by atoms with Crippen LogP contribution >= 0.6 is 11.6 Å². The maximum absolute atomic E-state index is 10.2. The smallest absolute Gasteiger partial charge is 0.119 e. The number of aliphatic hydroxyl groups excluding tert-OH is 1. The van der Waals surface area contributed by atoms with Crippen molar-refractivity contribution < 1.29 is 9.84 Å². The molecule has 0 bridgehead atoms. The van der Waals surface area contributed by atoms with Crippen molar-refractivity contribution in [3.05, 3.63) is 29.3 Å². The Balaban J connectivity index is 1.79. The lowest BCUT2D eigenvalue weighted by molar-refractivity contribution is 0.0506. The van der Waals surface area contributed by atoms with Gasteiger partial charge in [-0.25, -0.2) is 0 Å². The third kappa shape index (κ3) is 4.18. The summed E-state index contributed by atoms with van der Waals surface area (Å²) in [6.07, 6.45) is 7.00. The summed E-state index contributed by atoms with van der Waals surface area (Å²) in [7, 11) is 0. The van der Waals surface area contributed by atoms with Gasteiger partial charge in [-0.1, -0.05) is 37.3 Å². The fraction of sp³-hybridized carbons (Fsp3) is 0.600. The summed E-state index contributed by atoms with van der Waals surface area (Å²) in [6.45, 7) is 0.381. The predicted molar refractivity (Wildman–Crippen MR) is 74.1 cm³/mol. The molecule has 100 valence electrons. The summed E-state index contributed by atoms with van der Waals surface area (Å²) in [4.78, 5) is 0. The highest BCUT2D eigenvalue weighted by Crippen LogP contribution is 2.26. The Morgan fingerprint density at radius 3 is 2.33 bits per heavy atom. The minimum atomic E-state index is -0.348. The first kappa shape index (κ1) is 13.7. The lowest BCUT2D eigenvalue weighted by atomic mass is 9.94. The third-order valence-electron chi connectivity index (χ3n) is 3.68. The van der Waals surface area contributed by atoms with E-state index in [4.69, 9.17) is 16.3 Å². The van der Waals surface area contributed by atoms with E-state index >= 15 is 0 Å². The molecule has 1 fully saturated rings. The van der Waals surface area contributed by atoms with E-state index in [0.717, 1.165) is 18.6 Å². The fourth-order valence-electron chi connectivity index (χ4n) is 2.54. The highest BCUT2D eigenvalue weighted by molar-refractivity contribution is 6.30. The van der Waals surface area contributed by atoms with E-state index < -0.39 is 0 Å².